The minimum Gasteiger partial charge on any atom is -0.481 e. The van der Waals surface area contributed by atoms with E-state index in [2.05, 4.69) is 26.1 Å². The fourth-order valence-corrected chi connectivity index (χ4v) is 2.02. The van der Waals surface area contributed by atoms with E-state index in [0.29, 0.717) is 10.2 Å². The van der Waals surface area contributed by atoms with Crippen LogP contribution in [0.15, 0.2) is 22.7 Å². The van der Waals surface area contributed by atoms with Crippen molar-refractivity contribution in [2.24, 2.45) is 0 Å². The number of aromatic nitrogens is 2. The van der Waals surface area contributed by atoms with Gasteiger partial charge >= 0.3 is 5.97 Å². The van der Waals surface area contributed by atoms with Gasteiger partial charge in [-0.15, -0.1) is 0 Å². The molecule has 94 valence electrons. The van der Waals surface area contributed by atoms with Crippen molar-refractivity contribution in [3.63, 3.8) is 0 Å². The molecule has 2 rings (SSSR count). The average molecular weight is 317 g/mol. The van der Waals surface area contributed by atoms with Gasteiger partial charge in [-0.05, 0) is 28.1 Å². The van der Waals surface area contributed by atoms with Gasteiger partial charge in [0.05, 0.1) is 16.6 Å². The van der Waals surface area contributed by atoms with Crippen molar-refractivity contribution in [1.82, 2.24) is 10.2 Å². The quantitative estimate of drug-likeness (QED) is 0.915. The Labute approximate surface area is 109 Å². The summed E-state index contributed by atoms with van der Waals surface area (Å²) in [5.74, 6) is -2.48. The first-order valence-corrected chi connectivity index (χ1v) is 5.68. The van der Waals surface area contributed by atoms with E-state index >= 15 is 0 Å². The Balaban J connectivity index is 2.45. The molecule has 0 aliphatic heterocycles. The fraction of sp³-hybridized carbons (Fsp3) is 0.0909. The molecule has 0 radical (unpaired) electrons. The summed E-state index contributed by atoms with van der Waals surface area (Å²) in [6.07, 6.45) is -0.267. The monoisotopic (exact) mass is 316 g/mol. The predicted molar refractivity (Wildman–Crippen MR) is 63.0 cm³/mol. The molecule has 0 amide bonds. The van der Waals surface area contributed by atoms with Crippen LogP contribution in [-0.2, 0) is 11.2 Å². The van der Waals surface area contributed by atoms with Gasteiger partial charge in [0.1, 0.15) is 17.3 Å². The van der Waals surface area contributed by atoms with Crippen LogP contribution in [0, 0.1) is 11.6 Å². The number of nitrogens with one attached hydrogen (secondary N) is 1. The van der Waals surface area contributed by atoms with Crippen molar-refractivity contribution in [3.05, 3.63) is 40.0 Å². The number of rotatable bonds is 3. The normalized spacial score (nSPS) is 10.6. The van der Waals surface area contributed by atoms with Crippen molar-refractivity contribution >= 4 is 21.9 Å². The summed E-state index contributed by atoms with van der Waals surface area (Å²) in [5, 5.41) is 15.0. The Hall–Kier alpha value is -1.76. The molecular weight excluding hydrogens is 310 g/mol. The number of benzene rings is 1. The van der Waals surface area contributed by atoms with Gasteiger partial charge in [0.15, 0.2) is 0 Å². The van der Waals surface area contributed by atoms with Gasteiger partial charge in [0.2, 0.25) is 0 Å². The summed E-state index contributed by atoms with van der Waals surface area (Å²) in [6.45, 7) is 0. The number of aliphatic carboxylic acids is 1. The van der Waals surface area contributed by atoms with Gasteiger partial charge < -0.3 is 5.11 Å². The molecule has 0 spiro atoms. The maximum atomic E-state index is 13.6. The van der Waals surface area contributed by atoms with E-state index in [1.807, 2.05) is 0 Å². The van der Waals surface area contributed by atoms with Gasteiger partial charge in [0.25, 0.3) is 0 Å². The lowest BCUT2D eigenvalue weighted by molar-refractivity contribution is -0.136. The van der Waals surface area contributed by atoms with E-state index < -0.39 is 17.6 Å². The Morgan fingerprint density at radius 2 is 2.17 bits per heavy atom. The zero-order chi connectivity index (χ0) is 13.3. The molecule has 0 bridgehead atoms. The molecule has 0 saturated heterocycles. The van der Waals surface area contributed by atoms with Crippen LogP contribution in [0.3, 0.4) is 0 Å². The number of aromatic amines is 1. The first kappa shape index (κ1) is 12.7. The smallest absolute Gasteiger partial charge is 0.309 e. The lowest BCUT2D eigenvalue weighted by Gasteiger charge is -2.00. The molecular formula is C11H7BrF2N2O2. The molecule has 0 aliphatic rings. The van der Waals surface area contributed by atoms with Crippen LogP contribution in [0.1, 0.15) is 5.69 Å². The first-order valence-electron chi connectivity index (χ1n) is 4.89. The van der Waals surface area contributed by atoms with E-state index in [4.69, 9.17) is 5.11 Å². The fourth-order valence-electron chi connectivity index (χ4n) is 1.49. The second-order valence-corrected chi connectivity index (χ2v) is 4.35. The number of hydrogen-bond donors (Lipinski definition) is 2. The van der Waals surface area contributed by atoms with Gasteiger partial charge in [-0.2, -0.15) is 5.10 Å². The van der Waals surface area contributed by atoms with E-state index in [1.54, 1.807) is 0 Å². The van der Waals surface area contributed by atoms with Crippen molar-refractivity contribution < 1.29 is 18.7 Å². The first-order chi connectivity index (χ1) is 8.49. The molecule has 0 aliphatic carbocycles. The van der Waals surface area contributed by atoms with Crippen LogP contribution < -0.4 is 0 Å². The molecule has 2 N–H and O–H groups in total. The van der Waals surface area contributed by atoms with E-state index in [0.717, 1.165) is 12.1 Å². The van der Waals surface area contributed by atoms with Crippen LogP contribution in [0.5, 0.6) is 0 Å². The number of carboxylic acids is 1. The standard InChI is InChI=1S/C11H7BrF2N2O2/c12-10-8(4-9(17)18)15-16-11(10)6-2-1-5(13)3-7(6)14/h1-3H,4H2,(H,15,16)(H,17,18). The molecule has 4 nitrogen and oxygen atoms in total. The number of halogens is 3. The van der Waals surface area contributed by atoms with Crippen LogP contribution in [-0.4, -0.2) is 21.3 Å². The predicted octanol–water partition coefficient (Wildman–Crippen LogP) is 2.74. The minimum atomic E-state index is -1.04. The number of carboxylic acid groups (broad SMARTS) is 1. The third-order valence-corrected chi connectivity index (χ3v) is 3.14. The van der Waals surface area contributed by atoms with Crippen LogP contribution in [0.2, 0.25) is 0 Å². The Morgan fingerprint density at radius 1 is 1.44 bits per heavy atom. The largest absolute Gasteiger partial charge is 0.481 e. The van der Waals surface area contributed by atoms with Crippen LogP contribution in [0.4, 0.5) is 8.78 Å². The molecule has 2 aromatic rings. The van der Waals surface area contributed by atoms with Crippen LogP contribution in [0.25, 0.3) is 11.3 Å². The van der Waals surface area contributed by atoms with Crippen molar-refractivity contribution in [2.75, 3.05) is 0 Å². The zero-order valence-corrected chi connectivity index (χ0v) is 10.5. The van der Waals surface area contributed by atoms with Gasteiger partial charge in [0, 0.05) is 11.6 Å². The van der Waals surface area contributed by atoms with Crippen molar-refractivity contribution in [3.8, 4) is 11.3 Å². The maximum absolute atomic E-state index is 13.6. The summed E-state index contributed by atoms with van der Waals surface area (Å²) >= 11 is 3.15. The lowest BCUT2D eigenvalue weighted by atomic mass is 10.1. The summed E-state index contributed by atoms with van der Waals surface area (Å²) in [5.41, 5.74) is 0.626. The summed E-state index contributed by atoms with van der Waals surface area (Å²) < 4.78 is 26.7. The average Bonchev–Trinajstić information content (AvgIpc) is 2.60. The minimum absolute atomic E-state index is 0.0937. The second kappa shape index (κ2) is 4.85. The Bertz CT molecular complexity index is 613. The highest BCUT2D eigenvalue weighted by Crippen LogP contribution is 2.31. The summed E-state index contributed by atoms with van der Waals surface area (Å²) in [6, 6.07) is 3.10. The molecule has 0 fully saturated rings. The summed E-state index contributed by atoms with van der Waals surface area (Å²) in [7, 11) is 0. The SMILES string of the molecule is O=C(O)Cc1[nH]nc(-c2ccc(F)cc2F)c1Br. The highest BCUT2D eigenvalue weighted by molar-refractivity contribution is 9.10. The Morgan fingerprint density at radius 3 is 2.78 bits per heavy atom. The number of carbonyl (C=O) groups is 1. The third kappa shape index (κ3) is 2.40. The third-order valence-electron chi connectivity index (χ3n) is 2.29. The van der Waals surface area contributed by atoms with E-state index in [-0.39, 0.29) is 17.7 Å². The highest BCUT2D eigenvalue weighted by atomic mass is 79.9. The van der Waals surface area contributed by atoms with Gasteiger partial charge in [-0.25, -0.2) is 8.78 Å². The molecule has 1 aromatic carbocycles. The van der Waals surface area contributed by atoms with Crippen molar-refractivity contribution in [1.29, 1.82) is 0 Å². The second-order valence-electron chi connectivity index (χ2n) is 3.56. The molecule has 1 heterocycles. The zero-order valence-electron chi connectivity index (χ0n) is 8.88. The molecule has 0 atom stereocenters. The van der Waals surface area contributed by atoms with Crippen LogP contribution >= 0.6 is 15.9 Å². The molecule has 1 aromatic heterocycles. The lowest BCUT2D eigenvalue weighted by Crippen LogP contribution is -2.00. The number of hydrogen-bond acceptors (Lipinski definition) is 2. The van der Waals surface area contributed by atoms with Crippen molar-refractivity contribution in [2.45, 2.75) is 6.42 Å². The van der Waals surface area contributed by atoms with Gasteiger partial charge in [-0.3, -0.25) is 9.89 Å². The number of H-pyrrole nitrogens is 1. The molecule has 18 heavy (non-hydrogen) atoms. The molecule has 0 saturated carbocycles. The Kier molecular flexibility index (Phi) is 3.42. The molecule has 0 unspecified atom stereocenters. The highest BCUT2D eigenvalue weighted by Gasteiger charge is 2.17. The molecule has 7 heteroatoms. The van der Waals surface area contributed by atoms with Gasteiger partial charge in [-0.1, -0.05) is 0 Å². The number of nitrogens with zero attached hydrogens (tertiary/aromatic N) is 1. The van der Waals surface area contributed by atoms with E-state index in [9.17, 15) is 13.6 Å². The topological polar surface area (TPSA) is 66.0 Å². The maximum Gasteiger partial charge on any atom is 0.309 e. The van der Waals surface area contributed by atoms with E-state index in [1.165, 1.54) is 6.07 Å². The summed E-state index contributed by atoms with van der Waals surface area (Å²) in [4.78, 5) is 10.6.